The molecule has 0 aliphatic heterocycles. The average Bonchev–Trinajstić information content (AvgIpc) is 2.15. The number of aryl methyl sites for hydroxylation is 1. The number of phenols is 1. The van der Waals surface area contributed by atoms with E-state index >= 15 is 0 Å². The van der Waals surface area contributed by atoms with Gasteiger partial charge in [-0.2, -0.15) is 0 Å². The molecule has 0 fully saturated rings. The maximum absolute atomic E-state index is 9.27. The van der Waals surface area contributed by atoms with Crippen LogP contribution >= 0.6 is 0 Å². The molecule has 1 aromatic carbocycles. The lowest BCUT2D eigenvalue weighted by atomic mass is 10.1. The molecule has 1 rings (SSSR count). The molecule has 2 heteroatoms. The Morgan fingerprint density at radius 2 is 2.21 bits per heavy atom. The van der Waals surface area contributed by atoms with Gasteiger partial charge >= 0.3 is 0 Å². The van der Waals surface area contributed by atoms with Crippen LogP contribution in [-0.2, 0) is 6.42 Å². The zero-order chi connectivity index (χ0) is 10.4. The summed E-state index contributed by atoms with van der Waals surface area (Å²) in [7, 11) is 0. The van der Waals surface area contributed by atoms with Crippen LogP contribution in [0, 0.1) is 0 Å². The minimum atomic E-state index is 0.360. The molecular formula is C12H19NO. The van der Waals surface area contributed by atoms with Crippen molar-refractivity contribution >= 4 is 0 Å². The van der Waals surface area contributed by atoms with Gasteiger partial charge in [0.1, 0.15) is 5.75 Å². The molecule has 1 atom stereocenters. The van der Waals surface area contributed by atoms with E-state index in [-0.39, 0.29) is 0 Å². The maximum atomic E-state index is 9.27. The van der Waals surface area contributed by atoms with Crippen LogP contribution in [-0.4, -0.2) is 17.7 Å². The molecule has 2 nitrogen and oxygen atoms in total. The Balaban J connectivity index is 2.37. The van der Waals surface area contributed by atoms with E-state index < -0.39 is 0 Å². The Labute approximate surface area is 86.0 Å². The van der Waals surface area contributed by atoms with E-state index in [4.69, 9.17) is 0 Å². The highest BCUT2D eigenvalue weighted by molar-refractivity contribution is 5.27. The molecule has 0 spiro atoms. The molecule has 2 N–H and O–H groups in total. The zero-order valence-corrected chi connectivity index (χ0v) is 8.96. The zero-order valence-electron chi connectivity index (χ0n) is 8.96. The van der Waals surface area contributed by atoms with Gasteiger partial charge in [0.05, 0.1) is 0 Å². The monoisotopic (exact) mass is 193 g/mol. The fourth-order valence-corrected chi connectivity index (χ4v) is 1.55. The summed E-state index contributed by atoms with van der Waals surface area (Å²) in [4.78, 5) is 0. The molecule has 0 aliphatic carbocycles. The standard InChI is InChI=1S/C12H19NO/c1-3-13-10(2)7-8-11-5-4-6-12(14)9-11/h4-6,9-10,13-14H,3,7-8H2,1-2H3. The number of rotatable bonds is 5. The average molecular weight is 193 g/mol. The third-order valence-corrected chi connectivity index (χ3v) is 2.33. The van der Waals surface area contributed by atoms with Crippen LogP contribution in [0.3, 0.4) is 0 Å². The van der Waals surface area contributed by atoms with Gasteiger partial charge in [0, 0.05) is 6.04 Å². The minimum absolute atomic E-state index is 0.360. The molecule has 0 saturated heterocycles. The molecule has 0 bridgehead atoms. The molecule has 78 valence electrons. The fourth-order valence-electron chi connectivity index (χ4n) is 1.55. The van der Waals surface area contributed by atoms with Gasteiger partial charge in [-0.15, -0.1) is 0 Å². The first-order valence-corrected chi connectivity index (χ1v) is 5.23. The number of benzene rings is 1. The first kappa shape index (κ1) is 11.1. The fraction of sp³-hybridized carbons (Fsp3) is 0.500. The van der Waals surface area contributed by atoms with E-state index in [2.05, 4.69) is 25.2 Å². The van der Waals surface area contributed by atoms with E-state index in [1.54, 1.807) is 6.07 Å². The highest BCUT2D eigenvalue weighted by atomic mass is 16.3. The van der Waals surface area contributed by atoms with E-state index in [0.717, 1.165) is 19.4 Å². The van der Waals surface area contributed by atoms with Crippen molar-refractivity contribution in [2.75, 3.05) is 6.54 Å². The number of aromatic hydroxyl groups is 1. The van der Waals surface area contributed by atoms with Crippen molar-refractivity contribution in [3.63, 3.8) is 0 Å². The molecule has 1 unspecified atom stereocenters. The lowest BCUT2D eigenvalue weighted by Crippen LogP contribution is -2.25. The summed E-state index contributed by atoms with van der Waals surface area (Å²) >= 11 is 0. The van der Waals surface area contributed by atoms with Gasteiger partial charge in [0.2, 0.25) is 0 Å². The van der Waals surface area contributed by atoms with Crippen molar-refractivity contribution in [1.82, 2.24) is 5.32 Å². The third kappa shape index (κ3) is 3.79. The van der Waals surface area contributed by atoms with Gasteiger partial charge in [0.25, 0.3) is 0 Å². The maximum Gasteiger partial charge on any atom is 0.115 e. The Hall–Kier alpha value is -1.02. The van der Waals surface area contributed by atoms with E-state index in [1.807, 2.05) is 12.1 Å². The van der Waals surface area contributed by atoms with Gasteiger partial charge < -0.3 is 10.4 Å². The first-order chi connectivity index (χ1) is 6.72. The topological polar surface area (TPSA) is 32.3 Å². The second-order valence-corrected chi connectivity index (χ2v) is 3.67. The molecule has 0 saturated carbocycles. The summed E-state index contributed by atoms with van der Waals surface area (Å²) in [6.07, 6.45) is 2.12. The van der Waals surface area contributed by atoms with Crippen molar-refractivity contribution in [3.05, 3.63) is 29.8 Å². The molecular weight excluding hydrogens is 174 g/mol. The summed E-state index contributed by atoms with van der Waals surface area (Å²) in [6, 6.07) is 8.03. The lowest BCUT2D eigenvalue weighted by molar-refractivity contribution is 0.473. The highest BCUT2D eigenvalue weighted by Gasteiger charge is 2.00. The van der Waals surface area contributed by atoms with Crippen molar-refractivity contribution in [2.45, 2.75) is 32.7 Å². The van der Waals surface area contributed by atoms with E-state index in [0.29, 0.717) is 11.8 Å². The van der Waals surface area contributed by atoms with Gasteiger partial charge in [-0.1, -0.05) is 19.1 Å². The van der Waals surface area contributed by atoms with Crippen LogP contribution in [0.25, 0.3) is 0 Å². The lowest BCUT2D eigenvalue weighted by Gasteiger charge is -2.11. The Morgan fingerprint density at radius 3 is 2.86 bits per heavy atom. The van der Waals surface area contributed by atoms with E-state index in [1.165, 1.54) is 5.56 Å². The summed E-state index contributed by atoms with van der Waals surface area (Å²) < 4.78 is 0. The summed E-state index contributed by atoms with van der Waals surface area (Å²) in [5.74, 6) is 0.360. The van der Waals surface area contributed by atoms with Gasteiger partial charge in [-0.3, -0.25) is 0 Å². The van der Waals surface area contributed by atoms with Crippen LogP contribution in [0.5, 0.6) is 5.75 Å². The number of phenolic OH excluding ortho intramolecular Hbond substituents is 1. The Morgan fingerprint density at radius 1 is 1.43 bits per heavy atom. The predicted octanol–water partition coefficient (Wildman–Crippen LogP) is 2.32. The quantitative estimate of drug-likeness (QED) is 0.752. The van der Waals surface area contributed by atoms with Crippen LogP contribution in [0.1, 0.15) is 25.8 Å². The van der Waals surface area contributed by atoms with Gasteiger partial charge in [-0.05, 0) is 44.0 Å². The predicted molar refractivity (Wildman–Crippen MR) is 59.6 cm³/mol. The SMILES string of the molecule is CCNC(C)CCc1cccc(O)c1. The van der Waals surface area contributed by atoms with Crippen molar-refractivity contribution in [2.24, 2.45) is 0 Å². The van der Waals surface area contributed by atoms with Crippen LogP contribution in [0.15, 0.2) is 24.3 Å². The summed E-state index contributed by atoms with van der Waals surface area (Å²) in [5, 5.41) is 12.6. The normalized spacial score (nSPS) is 12.7. The number of hydrogen-bond acceptors (Lipinski definition) is 2. The molecule has 0 aliphatic rings. The number of hydrogen-bond donors (Lipinski definition) is 2. The van der Waals surface area contributed by atoms with Crippen LogP contribution in [0.4, 0.5) is 0 Å². The Bertz CT molecular complexity index is 273. The molecule has 14 heavy (non-hydrogen) atoms. The van der Waals surface area contributed by atoms with E-state index in [9.17, 15) is 5.11 Å². The smallest absolute Gasteiger partial charge is 0.115 e. The highest BCUT2D eigenvalue weighted by Crippen LogP contribution is 2.12. The Kier molecular flexibility index (Phi) is 4.47. The molecule has 0 heterocycles. The first-order valence-electron chi connectivity index (χ1n) is 5.23. The number of nitrogens with one attached hydrogen (secondary N) is 1. The second kappa shape index (κ2) is 5.66. The summed E-state index contributed by atoms with van der Waals surface area (Å²) in [6.45, 7) is 5.32. The van der Waals surface area contributed by atoms with Crippen LogP contribution < -0.4 is 5.32 Å². The third-order valence-electron chi connectivity index (χ3n) is 2.33. The minimum Gasteiger partial charge on any atom is -0.508 e. The summed E-state index contributed by atoms with van der Waals surface area (Å²) in [5.41, 5.74) is 1.20. The van der Waals surface area contributed by atoms with Crippen molar-refractivity contribution in [1.29, 1.82) is 0 Å². The van der Waals surface area contributed by atoms with Crippen molar-refractivity contribution < 1.29 is 5.11 Å². The van der Waals surface area contributed by atoms with Crippen LogP contribution in [0.2, 0.25) is 0 Å². The molecule has 0 amide bonds. The largest absolute Gasteiger partial charge is 0.508 e. The van der Waals surface area contributed by atoms with Gasteiger partial charge in [0.15, 0.2) is 0 Å². The molecule has 1 aromatic rings. The molecule has 0 radical (unpaired) electrons. The van der Waals surface area contributed by atoms with Crippen molar-refractivity contribution in [3.8, 4) is 5.75 Å². The molecule has 0 aromatic heterocycles. The second-order valence-electron chi connectivity index (χ2n) is 3.67. The van der Waals surface area contributed by atoms with Gasteiger partial charge in [-0.25, -0.2) is 0 Å².